The molecule has 3 rings (SSSR count). The van der Waals surface area contributed by atoms with E-state index in [-0.39, 0.29) is 11.5 Å². The number of carbonyl (C=O) groups is 1. The normalized spacial score (nSPS) is 10.8. The third-order valence-electron chi connectivity index (χ3n) is 3.17. The molecular weight excluding hydrogens is 302 g/mol. The molecule has 0 spiro atoms. The van der Waals surface area contributed by atoms with E-state index in [1.807, 2.05) is 28.8 Å². The molecule has 6 nitrogen and oxygen atoms in total. The minimum absolute atomic E-state index is 0.0922. The number of nitro groups is 1. The first-order chi connectivity index (χ1) is 10.6. The van der Waals surface area contributed by atoms with Crippen molar-refractivity contribution in [2.45, 2.75) is 17.0 Å². The van der Waals surface area contributed by atoms with E-state index in [0.717, 1.165) is 5.52 Å². The van der Waals surface area contributed by atoms with Gasteiger partial charge in [-0.05, 0) is 43.0 Å². The van der Waals surface area contributed by atoms with E-state index in [2.05, 4.69) is 4.98 Å². The van der Waals surface area contributed by atoms with Crippen LogP contribution in [-0.4, -0.2) is 20.1 Å². The van der Waals surface area contributed by atoms with Crippen molar-refractivity contribution in [2.75, 3.05) is 0 Å². The molecule has 2 aromatic heterocycles. The summed E-state index contributed by atoms with van der Waals surface area (Å²) in [7, 11) is 0. The number of pyridine rings is 1. The summed E-state index contributed by atoms with van der Waals surface area (Å²) in [5, 5.41) is 11.9. The molecule has 0 aliphatic heterocycles. The molecule has 0 unspecified atom stereocenters. The van der Waals surface area contributed by atoms with E-state index < -0.39 is 4.92 Å². The molecular formula is C15H11N3O3S. The summed E-state index contributed by atoms with van der Waals surface area (Å²) in [5.74, 6) is -0.203. The molecule has 7 heteroatoms. The number of hydrogen-bond acceptors (Lipinski definition) is 5. The van der Waals surface area contributed by atoms with E-state index in [0.29, 0.717) is 15.6 Å². The highest BCUT2D eigenvalue weighted by atomic mass is 32.2. The lowest BCUT2D eigenvalue weighted by atomic mass is 10.1. The Morgan fingerprint density at radius 3 is 2.86 bits per heavy atom. The van der Waals surface area contributed by atoms with Gasteiger partial charge in [0.05, 0.1) is 21.5 Å². The second kappa shape index (κ2) is 5.61. The van der Waals surface area contributed by atoms with E-state index in [9.17, 15) is 14.9 Å². The number of aromatic nitrogens is 2. The summed E-state index contributed by atoms with van der Waals surface area (Å²) in [5.41, 5.74) is 1.14. The van der Waals surface area contributed by atoms with Crippen LogP contribution in [0.4, 0.5) is 5.69 Å². The molecule has 0 saturated carbocycles. The largest absolute Gasteiger partial charge is 0.295 e. The fourth-order valence-electron chi connectivity index (χ4n) is 2.06. The Bertz CT molecular complexity index is 889. The Morgan fingerprint density at radius 2 is 2.14 bits per heavy atom. The Kier molecular flexibility index (Phi) is 3.64. The third kappa shape index (κ3) is 2.58. The SMILES string of the molecule is CC(=O)c1ccc(Sc2ncc3ccccn23)c([N+](=O)[O-])c1. The van der Waals surface area contributed by atoms with Gasteiger partial charge in [0.25, 0.3) is 5.69 Å². The highest BCUT2D eigenvalue weighted by Gasteiger charge is 2.18. The van der Waals surface area contributed by atoms with Gasteiger partial charge in [0, 0.05) is 17.8 Å². The molecule has 0 fully saturated rings. The standard InChI is InChI=1S/C15H11N3O3S/c1-10(19)11-5-6-14(13(8-11)18(20)21)22-15-16-9-12-4-2-3-7-17(12)15/h2-9H,1H3. The number of Topliss-reactive ketones (excluding diaryl/α,β-unsaturated/α-hetero) is 1. The number of rotatable bonds is 4. The number of imidazole rings is 1. The lowest BCUT2D eigenvalue weighted by Crippen LogP contribution is -1.97. The lowest BCUT2D eigenvalue weighted by Gasteiger charge is -2.04. The van der Waals surface area contributed by atoms with Crippen molar-refractivity contribution < 1.29 is 9.72 Å². The van der Waals surface area contributed by atoms with Gasteiger partial charge in [-0.2, -0.15) is 0 Å². The van der Waals surface area contributed by atoms with Crippen molar-refractivity contribution in [3.63, 3.8) is 0 Å². The van der Waals surface area contributed by atoms with Crippen LogP contribution in [0, 0.1) is 10.1 Å². The van der Waals surface area contributed by atoms with E-state index >= 15 is 0 Å². The fourth-order valence-corrected chi connectivity index (χ4v) is 3.00. The summed E-state index contributed by atoms with van der Waals surface area (Å²) in [6, 6.07) is 10.2. The number of fused-ring (bicyclic) bond motifs is 1. The van der Waals surface area contributed by atoms with Crippen molar-refractivity contribution in [1.29, 1.82) is 0 Å². The lowest BCUT2D eigenvalue weighted by molar-refractivity contribution is -0.387. The number of hydrogen-bond donors (Lipinski definition) is 0. The minimum Gasteiger partial charge on any atom is -0.295 e. The molecule has 0 N–H and O–H groups in total. The van der Waals surface area contributed by atoms with Crippen LogP contribution >= 0.6 is 11.8 Å². The highest BCUT2D eigenvalue weighted by molar-refractivity contribution is 7.99. The van der Waals surface area contributed by atoms with Gasteiger partial charge in [0.2, 0.25) is 0 Å². The quantitative estimate of drug-likeness (QED) is 0.418. The summed E-state index contributed by atoms with van der Waals surface area (Å²) in [4.78, 5) is 26.9. The molecule has 3 aromatic rings. The van der Waals surface area contributed by atoms with Crippen LogP contribution in [0.3, 0.4) is 0 Å². The van der Waals surface area contributed by atoms with Crippen LogP contribution in [0.2, 0.25) is 0 Å². The number of ketones is 1. The molecule has 0 atom stereocenters. The monoisotopic (exact) mass is 313 g/mol. The molecule has 22 heavy (non-hydrogen) atoms. The Morgan fingerprint density at radius 1 is 1.32 bits per heavy atom. The summed E-state index contributed by atoms with van der Waals surface area (Å²) < 4.78 is 1.85. The molecule has 0 bridgehead atoms. The second-order valence-corrected chi connectivity index (χ2v) is 5.64. The van der Waals surface area contributed by atoms with E-state index in [1.54, 1.807) is 18.3 Å². The topological polar surface area (TPSA) is 77.5 Å². The molecule has 0 aliphatic rings. The average molecular weight is 313 g/mol. The van der Waals surface area contributed by atoms with Crippen LogP contribution in [0.5, 0.6) is 0 Å². The Balaban J connectivity index is 2.05. The summed E-state index contributed by atoms with van der Waals surface area (Å²) in [6.45, 7) is 1.38. The van der Waals surface area contributed by atoms with Crippen molar-refractivity contribution in [2.24, 2.45) is 0 Å². The summed E-state index contributed by atoms with van der Waals surface area (Å²) >= 11 is 1.20. The first-order valence-electron chi connectivity index (χ1n) is 6.45. The Hall–Kier alpha value is -2.67. The zero-order valence-corrected chi connectivity index (χ0v) is 12.4. The van der Waals surface area contributed by atoms with Crippen molar-refractivity contribution in [1.82, 2.24) is 9.38 Å². The van der Waals surface area contributed by atoms with Gasteiger partial charge < -0.3 is 0 Å². The number of nitrogens with zero attached hydrogens (tertiary/aromatic N) is 3. The first kappa shape index (κ1) is 14.3. The zero-order chi connectivity index (χ0) is 15.7. The Labute approximate surface area is 129 Å². The minimum atomic E-state index is -0.482. The number of nitro benzene ring substituents is 1. The van der Waals surface area contributed by atoms with E-state index in [1.165, 1.54) is 24.8 Å². The number of carbonyl (C=O) groups excluding carboxylic acids is 1. The van der Waals surface area contributed by atoms with Crippen LogP contribution in [0.15, 0.2) is 58.8 Å². The second-order valence-electron chi connectivity index (χ2n) is 4.63. The smallest absolute Gasteiger partial charge is 0.284 e. The van der Waals surface area contributed by atoms with Gasteiger partial charge >= 0.3 is 0 Å². The molecule has 0 amide bonds. The first-order valence-corrected chi connectivity index (χ1v) is 7.27. The van der Waals surface area contributed by atoms with Crippen molar-refractivity contribution in [3.8, 4) is 0 Å². The van der Waals surface area contributed by atoms with Crippen LogP contribution in [-0.2, 0) is 0 Å². The van der Waals surface area contributed by atoms with Crippen molar-refractivity contribution in [3.05, 3.63) is 64.5 Å². The average Bonchev–Trinajstić information content (AvgIpc) is 2.90. The zero-order valence-electron chi connectivity index (χ0n) is 11.6. The van der Waals surface area contributed by atoms with Crippen molar-refractivity contribution >= 4 is 28.7 Å². The van der Waals surface area contributed by atoms with E-state index in [4.69, 9.17) is 0 Å². The molecule has 2 heterocycles. The third-order valence-corrected chi connectivity index (χ3v) is 4.22. The highest BCUT2D eigenvalue weighted by Crippen LogP contribution is 2.35. The van der Waals surface area contributed by atoms with Gasteiger partial charge in [0.15, 0.2) is 10.9 Å². The molecule has 110 valence electrons. The molecule has 0 saturated heterocycles. The van der Waals surface area contributed by atoms with Crippen LogP contribution < -0.4 is 0 Å². The fraction of sp³-hybridized carbons (Fsp3) is 0.0667. The maximum Gasteiger partial charge on any atom is 0.284 e. The van der Waals surface area contributed by atoms with Crippen LogP contribution in [0.1, 0.15) is 17.3 Å². The van der Waals surface area contributed by atoms with Crippen LogP contribution in [0.25, 0.3) is 5.52 Å². The predicted molar refractivity (Wildman–Crippen MR) is 82.4 cm³/mol. The van der Waals surface area contributed by atoms with Gasteiger partial charge in [-0.25, -0.2) is 4.98 Å². The predicted octanol–water partition coefficient (Wildman–Crippen LogP) is 3.60. The molecule has 1 aromatic carbocycles. The maximum absolute atomic E-state index is 11.4. The van der Waals surface area contributed by atoms with Gasteiger partial charge in [-0.3, -0.25) is 19.3 Å². The van der Waals surface area contributed by atoms with Gasteiger partial charge in [-0.1, -0.05) is 6.07 Å². The number of benzene rings is 1. The van der Waals surface area contributed by atoms with Gasteiger partial charge in [-0.15, -0.1) is 0 Å². The summed E-state index contributed by atoms with van der Waals surface area (Å²) in [6.07, 6.45) is 3.55. The molecule has 0 aliphatic carbocycles. The van der Waals surface area contributed by atoms with Gasteiger partial charge in [0.1, 0.15) is 0 Å². The molecule has 0 radical (unpaired) electrons. The maximum atomic E-state index is 11.4.